The Kier molecular flexibility index (Phi) is 3.27. The summed E-state index contributed by atoms with van der Waals surface area (Å²) < 4.78 is 0. The van der Waals surface area contributed by atoms with Gasteiger partial charge in [0.1, 0.15) is 0 Å². The molecule has 1 atom stereocenters. The number of thiophene rings is 1. The van der Waals surface area contributed by atoms with Crippen LogP contribution in [0.4, 0.5) is 5.69 Å². The Morgan fingerprint density at radius 1 is 1.29 bits per heavy atom. The Hall–Kier alpha value is -1.32. The van der Waals surface area contributed by atoms with Gasteiger partial charge < -0.3 is 10.2 Å². The second kappa shape index (κ2) is 5.15. The van der Waals surface area contributed by atoms with Crippen molar-refractivity contribution >= 4 is 17.0 Å². The molecule has 4 rings (SSSR count). The molecular formula is C18H22N2S. The van der Waals surface area contributed by atoms with Gasteiger partial charge in [0, 0.05) is 30.9 Å². The van der Waals surface area contributed by atoms with E-state index in [2.05, 4.69) is 58.2 Å². The Morgan fingerprint density at radius 3 is 2.90 bits per heavy atom. The number of benzene rings is 1. The van der Waals surface area contributed by atoms with Crippen molar-refractivity contribution < 1.29 is 0 Å². The van der Waals surface area contributed by atoms with Crippen LogP contribution in [0, 0.1) is 5.92 Å². The zero-order valence-corrected chi connectivity index (χ0v) is 13.3. The van der Waals surface area contributed by atoms with Crippen molar-refractivity contribution in [1.29, 1.82) is 0 Å². The average molecular weight is 298 g/mol. The lowest BCUT2D eigenvalue weighted by molar-refractivity contribution is 0.316. The normalized spacial score (nSPS) is 25.5. The Balaban J connectivity index is 1.68. The van der Waals surface area contributed by atoms with E-state index < -0.39 is 0 Å². The first kappa shape index (κ1) is 13.4. The number of para-hydroxylation sites is 1. The van der Waals surface area contributed by atoms with Crippen LogP contribution in [0.3, 0.4) is 0 Å². The van der Waals surface area contributed by atoms with Crippen molar-refractivity contribution in [1.82, 2.24) is 5.32 Å². The summed E-state index contributed by atoms with van der Waals surface area (Å²) in [5, 5.41) is 8.30. The Bertz CT molecular complexity index is 618. The maximum Gasteiger partial charge on any atom is 0.0438 e. The number of fused-ring (bicyclic) bond motifs is 1. The highest BCUT2D eigenvalue weighted by Gasteiger charge is 2.43. The first-order valence-electron chi connectivity index (χ1n) is 7.83. The molecule has 3 heteroatoms. The van der Waals surface area contributed by atoms with Crippen LogP contribution < -0.4 is 10.2 Å². The molecule has 0 bridgehead atoms. The maximum atomic E-state index is 3.85. The second-order valence-corrected chi connectivity index (χ2v) is 7.44. The molecule has 1 unspecified atom stereocenters. The number of nitrogens with zero attached hydrogens (tertiary/aromatic N) is 1. The molecule has 1 aliphatic carbocycles. The lowest BCUT2D eigenvalue weighted by Crippen LogP contribution is -2.51. The fraction of sp³-hybridized carbons (Fsp3) is 0.444. The van der Waals surface area contributed by atoms with Gasteiger partial charge in [0.25, 0.3) is 0 Å². The average Bonchev–Trinajstić information content (AvgIpc) is 3.26. The maximum absolute atomic E-state index is 3.85. The minimum atomic E-state index is 0.245. The third-order valence-corrected chi connectivity index (χ3v) is 5.70. The molecule has 1 N–H and O–H groups in total. The fourth-order valence-electron chi connectivity index (χ4n) is 3.54. The molecule has 1 aromatic carbocycles. The highest BCUT2D eigenvalue weighted by molar-refractivity contribution is 7.07. The van der Waals surface area contributed by atoms with E-state index >= 15 is 0 Å². The molecule has 110 valence electrons. The van der Waals surface area contributed by atoms with Gasteiger partial charge >= 0.3 is 0 Å². The van der Waals surface area contributed by atoms with Gasteiger partial charge in [0.2, 0.25) is 0 Å². The molecular weight excluding hydrogens is 276 g/mol. The number of anilines is 1. The molecule has 2 nitrogen and oxygen atoms in total. The molecule has 0 spiro atoms. The molecule has 0 saturated heterocycles. The summed E-state index contributed by atoms with van der Waals surface area (Å²) in [6.07, 6.45) is 2.76. The second-order valence-electron chi connectivity index (χ2n) is 6.66. The number of hydrogen-bond acceptors (Lipinski definition) is 3. The molecule has 2 heterocycles. The summed E-state index contributed by atoms with van der Waals surface area (Å²) in [5.74, 6) is 0.844. The predicted molar refractivity (Wildman–Crippen MR) is 89.8 cm³/mol. The van der Waals surface area contributed by atoms with E-state index in [0.29, 0.717) is 0 Å². The molecule has 2 aromatic rings. The largest absolute Gasteiger partial charge is 0.365 e. The lowest BCUT2D eigenvalue weighted by atomic mass is 9.95. The standard InChI is InChI=1S/C18H22N2S/c1-18(16-6-7-16)13-20(11-14-8-9-21-12-14)17-5-3-2-4-15(17)10-19-18/h2-5,8-9,12,16,19H,6-7,10-11,13H2,1H3. The van der Waals surface area contributed by atoms with Gasteiger partial charge in [-0.15, -0.1) is 0 Å². The summed E-state index contributed by atoms with van der Waals surface area (Å²) in [6, 6.07) is 11.1. The van der Waals surface area contributed by atoms with E-state index in [1.54, 1.807) is 11.3 Å². The van der Waals surface area contributed by atoms with Crippen molar-refractivity contribution in [2.75, 3.05) is 11.4 Å². The molecule has 21 heavy (non-hydrogen) atoms. The highest BCUT2D eigenvalue weighted by atomic mass is 32.1. The zero-order chi connectivity index (χ0) is 14.3. The first-order valence-corrected chi connectivity index (χ1v) is 8.78. The number of rotatable bonds is 3. The van der Waals surface area contributed by atoms with E-state index in [4.69, 9.17) is 0 Å². The van der Waals surface area contributed by atoms with Crippen molar-refractivity contribution in [3.05, 3.63) is 52.2 Å². The number of nitrogens with one attached hydrogen (secondary N) is 1. The summed E-state index contributed by atoms with van der Waals surface area (Å²) in [4.78, 5) is 2.58. The van der Waals surface area contributed by atoms with Crippen molar-refractivity contribution in [3.63, 3.8) is 0 Å². The van der Waals surface area contributed by atoms with Gasteiger partial charge in [-0.25, -0.2) is 0 Å². The fourth-order valence-corrected chi connectivity index (χ4v) is 4.20. The quantitative estimate of drug-likeness (QED) is 0.920. The van der Waals surface area contributed by atoms with Crippen LogP contribution in [0.2, 0.25) is 0 Å². The van der Waals surface area contributed by atoms with Gasteiger partial charge in [0.05, 0.1) is 0 Å². The Morgan fingerprint density at radius 2 is 2.14 bits per heavy atom. The van der Waals surface area contributed by atoms with E-state index in [1.807, 2.05) is 0 Å². The zero-order valence-electron chi connectivity index (χ0n) is 12.5. The van der Waals surface area contributed by atoms with Crippen LogP contribution in [-0.4, -0.2) is 12.1 Å². The summed E-state index contributed by atoms with van der Waals surface area (Å²) in [7, 11) is 0. The highest BCUT2D eigenvalue weighted by Crippen LogP contribution is 2.42. The van der Waals surface area contributed by atoms with Crippen LogP contribution in [0.5, 0.6) is 0 Å². The monoisotopic (exact) mass is 298 g/mol. The summed E-state index contributed by atoms with van der Waals surface area (Å²) in [5.41, 5.74) is 4.50. The lowest BCUT2D eigenvalue weighted by Gasteiger charge is -2.35. The van der Waals surface area contributed by atoms with Crippen LogP contribution in [0.25, 0.3) is 0 Å². The van der Waals surface area contributed by atoms with Crippen molar-refractivity contribution in [2.24, 2.45) is 5.92 Å². The van der Waals surface area contributed by atoms with E-state index in [1.165, 1.54) is 29.7 Å². The third kappa shape index (κ3) is 2.60. The van der Waals surface area contributed by atoms with Crippen LogP contribution in [0.1, 0.15) is 30.9 Å². The van der Waals surface area contributed by atoms with E-state index in [-0.39, 0.29) is 5.54 Å². The molecule has 1 aromatic heterocycles. The summed E-state index contributed by atoms with van der Waals surface area (Å²) >= 11 is 1.79. The smallest absolute Gasteiger partial charge is 0.0438 e. The van der Waals surface area contributed by atoms with Crippen molar-refractivity contribution in [3.8, 4) is 0 Å². The topological polar surface area (TPSA) is 15.3 Å². The minimum Gasteiger partial charge on any atom is -0.365 e. The number of hydrogen-bond donors (Lipinski definition) is 1. The SMILES string of the molecule is CC1(C2CC2)CN(Cc2ccsc2)c2ccccc2CN1. The van der Waals surface area contributed by atoms with E-state index in [9.17, 15) is 0 Å². The molecule has 1 fully saturated rings. The molecule has 0 radical (unpaired) electrons. The molecule has 0 amide bonds. The Labute approximate surface area is 130 Å². The van der Waals surface area contributed by atoms with Gasteiger partial charge in [-0.2, -0.15) is 11.3 Å². The van der Waals surface area contributed by atoms with Crippen LogP contribution >= 0.6 is 11.3 Å². The van der Waals surface area contributed by atoms with Gasteiger partial charge in [-0.3, -0.25) is 0 Å². The van der Waals surface area contributed by atoms with Gasteiger partial charge in [0.15, 0.2) is 0 Å². The minimum absolute atomic E-state index is 0.245. The first-order chi connectivity index (χ1) is 10.2. The van der Waals surface area contributed by atoms with E-state index in [0.717, 1.165) is 25.6 Å². The molecule has 2 aliphatic rings. The van der Waals surface area contributed by atoms with Crippen LogP contribution in [0.15, 0.2) is 41.1 Å². The van der Waals surface area contributed by atoms with Gasteiger partial charge in [-0.05, 0) is 59.7 Å². The van der Waals surface area contributed by atoms with Crippen LogP contribution in [-0.2, 0) is 13.1 Å². The molecule has 1 saturated carbocycles. The van der Waals surface area contributed by atoms with Gasteiger partial charge in [-0.1, -0.05) is 18.2 Å². The molecule has 1 aliphatic heterocycles. The third-order valence-electron chi connectivity index (χ3n) is 4.97. The van der Waals surface area contributed by atoms with Crippen molar-refractivity contribution in [2.45, 2.75) is 38.4 Å². The predicted octanol–water partition coefficient (Wildman–Crippen LogP) is 4.03. The summed E-state index contributed by atoms with van der Waals surface area (Å²) in [6.45, 7) is 5.52.